The van der Waals surface area contributed by atoms with Gasteiger partial charge in [0.1, 0.15) is 5.82 Å². The first-order valence-electron chi connectivity index (χ1n) is 5.50. The van der Waals surface area contributed by atoms with Crippen LogP contribution < -0.4 is 0 Å². The molecule has 1 aromatic rings. The van der Waals surface area contributed by atoms with Crippen molar-refractivity contribution in [1.82, 2.24) is 4.90 Å². The smallest absolute Gasteiger partial charge is 0.328 e. The van der Waals surface area contributed by atoms with Crippen molar-refractivity contribution in [3.05, 3.63) is 46.2 Å². The number of carboxylic acid groups (broad SMARTS) is 1. The van der Waals surface area contributed by atoms with E-state index in [1.807, 2.05) is 0 Å². The van der Waals surface area contributed by atoms with Crippen LogP contribution in [0.3, 0.4) is 0 Å². The number of amides is 1. The van der Waals surface area contributed by atoms with Crippen molar-refractivity contribution in [2.75, 3.05) is 13.6 Å². The lowest BCUT2D eigenvalue weighted by molar-refractivity contribution is -0.132. The average molecular weight is 330 g/mol. The number of aliphatic carboxylic acids is 1. The van der Waals surface area contributed by atoms with Crippen molar-refractivity contribution in [2.45, 2.75) is 6.42 Å². The van der Waals surface area contributed by atoms with E-state index in [1.165, 1.54) is 18.0 Å². The Kier molecular flexibility index (Phi) is 5.69. The lowest BCUT2D eigenvalue weighted by atomic mass is 10.1. The third-order valence-corrected chi connectivity index (χ3v) is 2.96. The van der Waals surface area contributed by atoms with Crippen LogP contribution >= 0.6 is 15.9 Å². The zero-order valence-electron chi connectivity index (χ0n) is 10.3. The molecule has 0 saturated heterocycles. The molecular weight excluding hydrogens is 317 g/mol. The maximum atomic E-state index is 13.5. The molecule has 0 spiro atoms. The van der Waals surface area contributed by atoms with Gasteiger partial charge in [0.15, 0.2) is 0 Å². The zero-order chi connectivity index (χ0) is 14.4. The Labute approximate surface area is 118 Å². The van der Waals surface area contributed by atoms with E-state index >= 15 is 0 Å². The fraction of sp³-hybridized carbons (Fsp3) is 0.231. The van der Waals surface area contributed by atoms with Crippen molar-refractivity contribution < 1.29 is 19.1 Å². The van der Waals surface area contributed by atoms with E-state index < -0.39 is 11.9 Å². The van der Waals surface area contributed by atoms with Crippen molar-refractivity contribution in [3.8, 4) is 0 Å². The highest BCUT2D eigenvalue weighted by Crippen LogP contribution is 2.16. The summed E-state index contributed by atoms with van der Waals surface area (Å²) < 4.78 is 14.2. The van der Waals surface area contributed by atoms with Gasteiger partial charge in [0.05, 0.1) is 0 Å². The number of carbonyl (C=O) groups excluding carboxylic acids is 1. The van der Waals surface area contributed by atoms with Crippen LogP contribution in [0.25, 0.3) is 0 Å². The maximum Gasteiger partial charge on any atom is 0.328 e. The van der Waals surface area contributed by atoms with Gasteiger partial charge in [-0.2, -0.15) is 0 Å². The molecule has 0 heterocycles. The highest BCUT2D eigenvalue weighted by Gasteiger charge is 2.08. The number of benzene rings is 1. The minimum absolute atomic E-state index is 0.302. The molecule has 0 aliphatic rings. The van der Waals surface area contributed by atoms with Crippen LogP contribution in [0.15, 0.2) is 34.8 Å². The maximum absolute atomic E-state index is 13.5. The predicted octanol–water partition coefficient (Wildman–Crippen LogP) is 2.23. The minimum Gasteiger partial charge on any atom is -0.478 e. The van der Waals surface area contributed by atoms with Crippen LogP contribution in [0.2, 0.25) is 0 Å². The summed E-state index contributed by atoms with van der Waals surface area (Å²) in [6.07, 6.45) is 2.10. The van der Waals surface area contributed by atoms with E-state index in [0.29, 0.717) is 18.5 Å². The second-order valence-electron chi connectivity index (χ2n) is 3.92. The Bertz CT molecular complexity index is 517. The minimum atomic E-state index is -1.18. The van der Waals surface area contributed by atoms with E-state index in [2.05, 4.69) is 15.9 Å². The zero-order valence-corrected chi connectivity index (χ0v) is 11.9. The molecule has 0 aromatic heterocycles. The predicted molar refractivity (Wildman–Crippen MR) is 72.2 cm³/mol. The summed E-state index contributed by atoms with van der Waals surface area (Å²) in [7, 11) is 1.53. The standard InChI is InChI=1S/C13H13BrFNO3/c1-16(12(17)4-5-13(18)19)7-6-9-8-10(14)2-3-11(9)15/h2-5,8H,6-7H2,1H3,(H,18,19)/b5-4+. The van der Waals surface area contributed by atoms with Crippen LogP contribution in [-0.4, -0.2) is 35.5 Å². The van der Waals surface area contributed by atoms with Crippen LogP contribution in [0.5, 0.6) is 0 Å². The van der Waals surface area contributed by atoms with E-state index in [4.69, 9.17) is 5.11 Å². The second kappa shape index (κ2) is 7.04. The highest BCUT2D eigenvalue weighted by molar-refractivity contribution is 9.10. The number of nitrogens with zero attached hydrogens (tertiary/aromatic N) is 1. The molecule has 1 aromatic carbocycles. The number of carbonyl (C=O) groups is 2. The summed E-state index contributed by atoms with van der Waals surface area (Å²) in [6, 6.07) is 4.61. The summed E-state index contributed by atoms with van der Waals surface area (Å²) in [5.41, 5.74) is 0.497. The molecule has 4 nitrogen and oxygen atoms in total. The van der Waals surface area contributed by atoms with E-state index in [-0.39, 0.29) is 5.82 Å². The Hall–Kier alpha value is -1.69. The molecule has 0 radical (unpaired) electrons. The Morgan fingerprint density at radius 2 is 2.11 bits per heavy atom. The number of hydrogen-bond donors (Lipinski definition) is 1. The molecule has 0 fully saturated rings. The molecular formula is C13H13BrFNO3. The monoisotopic (exact) mass is 329 g/mol. The molecule has 102 valence electrons. The summed E-state index contributed by atoms with van der Waals surface area (Å²) in [5, 5.41) is 8.41. The first-order valence-corrected chi connectivity index (χ1v) is 6.29. The highest BCUT2D eigenvalue weighted by atomic mass is 79.9. The van der Waals surface area contributed by atoms with Gasteiger partial charge < -0.3 is 10.0 Å². The molecule has 0 unspecified atom stereocenters. The number of rotatable bonds is 5. The summed E-state index contributed by atoms with van der Waals surface area (Å²) in [4.78, 5) is 23.1. The van der Waals surface area contributed by atoms with Gasteiger partial charge >= 0.3 is 5.97 Å². The van der Waals surface area contributed by atoms with Crippen molar-refractivity contribution in [1.29, 1.82) is 0 Å². The van der Waals surface area contributed by atoms with Gasteiger partial charge in [-0.15, -0.1) is 0 Å². The molecule has 0 bridgehead atoms. The quantitative estimate of drug-likeness (QED) is 0.843. The Morgan fingerprint density at radius 3 is 2.74 bits per heavy atom. The van der Waals surface area contributed by atoms with Gasteiger partial charge in [-0.25, -0.2) is 9.18 Å². The molecule has 1 amide bonds. The lowest BCUT2D eigenvalue weighted by Gasteiger charge is -2.15. The van der Waals surface area contributed by atoms with Crippen LogP contribution in [-0.2, 0) is 16.0 Å². The third kappa shape index (κ3) is 5.21. The lowest BCUT2D eigenvalue weighted by Crippen LogP contribution is -2.27. The fourth-order valence-electron chi connectivity index (χ4n) is 1.40. The molecule has 1 N–H and O–H groups in total. The van der Waals surface area contributed by atoms with Crippen LogP contribution in [0.4, 0.5) is 4.39 Å². The molecule has 0 saturated carbocycles. The van der Waals surface area contributed by atoms with Crippen molar-refractivity contribution >= 4 is 27.8 Å². The van der Waals surface area contributed by atoms with Gasteiger partial charge in [-0.3, -0.25) is 4.79 Å². The Morgan fingerprint density at radius 1 is 1.42 bits per heavy atom. The van der Waals surface area contributed by atoms with Gasteiger partial charge in [0, 0.05) is 30.2 Å². The molecule has 6 heteroatoms. The van der Waals surface area contributed by atoms with Crippen LogP contribution in [0.1, 0.15) is 5.56 Å². The largest absolute Gasteiger partial charge is 0.478 e. The normalized spacial score (nSPS) is 10.7. The summed E-state index contributed by atoms with van der Waals surface area (Å²) >= 11 is 3.25. The van der Waals surface area contributed by atoms with Gasteiger partial charge in [0.2, 0.25) is 5.91 Å². The molecule has 0 aliphatic carbocycles. The van der Waals surface area contributed by atoms with E-state index in [1.54, 1.807) is 12.1 Å². The van der Waals surface area contributed by atoms with Crippen molar-refractivity contribution in [2.24, 2.45) is 0 Å². The molecule has 1 rings (SSSR count). The third-order valence-electron chi connectivity index (χ3n) is 2.47. The molecule has 0 atom stereocenters. The number of likely N-dealkylation sites (N-methyl/N-ethyl adjacent to an activating group) is 1. The summed E-state index contributed by atoms with van der Waals surface area (Å²) in [5.74, 6) is -1.94. The first kappa shape index (κ1) is 15.4. The number of halogens is 2. The van der Waals surface area contributed by atoms with Crippen molar-refractivity contribution in [3.63, 3.8) is 0 Å². The van der Waals surface area contributed by atoms with Gasteiger partial charge in [-0.1, -0.05) is 15.9 Å². The first-order chi connectivity index (χ1) is 8.90. The Balaban J connectivity index is 2.58. The number of carboxylic acids is 1. The average Bonchev–Trinajstić information content (AvgIpc) is 2.36. The van der Waals surface area contributed by atoms with Gasteiger partial charge in [0.25, 0.3) is 0 Å². The van der Waals surface area contributed by atoms with E-state index in [0.717, 1.165) is 16.6 Å². The van der Waals surface area contributed by atoms with Crippen LogP contribution in [0, 0.1) is 5.82 Å². The molecule has 0 aliphatic heterocycles. The van der Waals surface area contributed by atoms with Gasteiger partial charge in [-0.05, 0) is 30.2 Å². The topological polar surface area (TPSA) is 57.6 Å². The molecule has 19 heavy (non-hydrogen) atoms. The number of hydrogen-bond acceptors (Lipinski definition) is 2. The second-order valence-corrected chi connectivity index (χ2v) is 4.83. The van der Waals surface area contributed by atoms with E-state index in [9.17, 15) is 14.0 Å². The SMILES string of the molecule is CN(CCc1cc(Br)ccc1F)C(=O)/C=C/C(=O)O. The fourth-order valence-corrected chi connectivity index (χ4v) is 1.81. The summed E-state index contributed by atoms with van der Waals surface area (Å²) in [6.45, 7) is 0.302.